The van der Waals surface area contributed by atoms with E-state index in [0.717, 1.165) is 5.28 Å². The summed E-state index contributed by atoms with van der Waals surface area (Å²) in [4.78, 5) is 0. The quantitative estimate of drug-likeness (QED) is 0.447. The third-order valence-electron chi connectivity index (χ3n) is 0.592. The number of rotatable bonds is 3. The van der Waals surface area contributed by atoms with Crippen molar-refractivity contribution < 1.29 is 5.21 Å². The van der Waals surface area contributed by atoms with Gasteiger partial charge in [0.05, 0.1) is 0 Å². The molecule has 0 aliphatic carbocycles. The fourth-order valence-electron chi connectivity index (χ4n) is 0.309. The lowest BCUT2D eigenvalue weighted by molar-refractivity contribution is -0.180. The number of hydrogen-bond acceptors (Lipinski definition) is 4. The van der Waals surface area contributed by atoms with E-state index in [1.165, 1.54) is 0 Å². The molecule has 8 heavy (non-hydrogen) atoms. The van der Waals surface area contributed by atoms with Gasteiger partial charge in [-0.15, -0.1) is 0 Å². The molecule has 4 nitrogen and oxygen atoms in total. The maximum atomic E-state index is 8.64. The van der Waals surface area contributed by atoms with Gasteiger partial charge in [0.2, 0.25) is 0 Å². The highest BCUT2D eigenvalue weighted by Crippen LogP contribution is 1.74. The predicted molar refractivity (Wildman–Crippen MR) is 31.0 cm³/mol. The summed E-state index contributed by atoms with van der Waals surface area (Å²) in [5.74, 6) is 0. The van der Waals surface area contributed by atoms with E-state index in [1.54, 1.807) is 7.05 Å². The summed E-state index contributed by atoms with van der Waals surface area (Å²) in [6, 6.07) is 0.243. The first-order chi connectivity index (χ1) is 3.66. The van der Waals surface area contributed by atoms with Crippen molar-refractivity contribution in [2.45, 2.75) is 19.9 Å². The molecule has 0 spiro atoms. The molecule has 0 saturated carbocycles. The van der Waals surface area contributed by atoms with Crippen LogP contribution in [0.5, 0.6) is 0 Å². The Kier molecular flexibility index (Phi) is 3.72. The van der Waals surface area contributed by atoms with Crippen LogP contribution in [0.4, 0.5) is 0 Å². The van der Waals surface area contributed by atoms with Crippen molar-refractivity contribution in [1.29, 1.82) is 0 Å². The first kappa shape index (κ1) is 7.84. The van der Waals surface area contributed by atoms with Crippen molar-refractivity contribution in [2.75, 3.05) is 7.05 Å². The smallest absolute Gasteiger partial charge is 0.0194 e. The molecule has 0 bridgehead atoms. The van der Waals surface area contributed by atoms with Crippen molar-refractivity contribution in [3.05, 3.63) is 0 Å². The molecule has 0 aliphatic heterocycles. The molecule has 50 valence electrons. The Hall–Kier alpha value is -0.160. The first-order valence-corrected chi connectivity index (χ1v) is 2.59. The molecule has 0 aromatic carbocycles. The second kappa shape index (κ2) is 3.80. The van der Waals surface area contributed by atoms with Crippen molar-refractivity contribution in [1.82, 2.24) is 16.1 Å². The molecule has 0 aromatic heterocycles. The van der Waals surface area contributed by atoms with Gasteiger partial charge in [-0.3, -0.25) is 5.21 Å². The first-order valence-electron chi connectivity index (χ1n) is 2.59. The van der Waals surface area contributed by atoms with Crippen LogP contribution in [0.3, 0.4) is 0 Å². The zero-order valence-corrected chi connectivity index (χ0v) is 5.47. The Balaban J connectivity index is 3.10. The van der Waals surface area contributed by atoms with E-state index < -0.39 is 0 Å². The van der Waals surface area contributed by atoms with Gasteiger partial charge in [-0.2, -0.15) is 0 Å². The lowest BCUT2D eigenvalue weighted by Gasteiger charge is -2.15. The van der Waals surface area contributed by atoms with E-state index >= 15 is 0 Å². The minimum Gasteiger partial charge on any atom is -0.285 e. The van der Waals surface area contributed by atoms with E-state index in [0.29, 0.717) is 0 Å². The van der Waals surface area contributed by atoms with Gasteiger partial charge in [-0.1, -0.05) is 5.28 Å². The largest absolute Gasteiger partial charge is 0.285 e. The van der Waals surface area contributed by atoms with Gasteiger partial charge in [0, 0.05) is 13.1 Å². The van der Waals surface area contributed by atoms with Crippen molar-refractivity contribution in [2.24, 2.45) is 0 Å². The molecule has 0 fully saturated rings. The Labute approximate surface area is 49.4 Å². The van der Waals surface area contributed by atoms with E-state index in [-0.39, 0.29) is 6.04 Å². The van der Waals surface area contributed by atoms with E-state index in [4.69, 9.17) is 5.21 Å². The minimum absolute atomic E-state index is 0.243. The van der Waals surface area contributed by atoms with Gasteiger partial charge in [0.25, 0.3) is 0 Å². The van der Waals surface area contributed by atoms with Crippen LogP contribution >= 0.6 is 0 Å². The molecule has 0 aliphatic rings. The molecule has 4 heteroatoms. The number of nitrogens with zero attached hydrogens (tertiary/aromatic N) is 1. The van der Waals surface area contributed by atoms with E-state index in [9.17, 15) is 0 Å². The lowest BCUT2D eigenvalue weighted by Crippen LogP contribution is -2.46. The van der Waals surface area contributed by atoms with Gasteiger partial charge in [-0.25, -0.2) is 10.9 Å². The van der Waals surface area contributed by atoms with Crippen molar-refractivity contribution in [3.63, 3.8) is 0 Å². The topological polar surface area (TPSA) is 47.5 Å². The fraction of sp³-hybridized carbons (Fsp3) is 1.00. The minimum atomic E-state index is 0.243. The number of hydrogen-bond donors (Lipinski definition) is 3. The van der Waals surface area contributed by atoms with Crippen LogP contribution in [0.1, 0.15) is 13.8 Å². The molecule has 0 saturated heterocycles. The number of hydrazine groups is 2. The third kappa shape index (κ3) is 4.01. The molecule has 0 aromatic rings. The zero-order chi connectivity index (χ0) is 6.57. The van der Waals surface area contributed by atoms with Crippen LogP contribution in [0.15, 0.2) is 0 Å². The maximum Gasteiger partial charge on any atom is 0.0194 e. The second-order valence-corrected chi connectivity index (χ2v) is 1.82. The second-order valence-electron chi connectivity index (χ2n) is 1.82. The van der Waals surface area contributed by atoms with Crippen LogP contribution in [0, 0.1) is 0 Å². The summed E-state index contributed by atoms with van der Waals surface area (Å²) < 4.78 is 0. The van der Waals surface area contributed by atoms with Crippen LogP contribution in [-0.4, -0.2) is 23.6 Å². The van der Waals surface area contributed by atoms with Gasteiger partial charge in [0.15, 0.2) is 0 Å². The summed E-state index contributed by atoms with van der Waals surface area (Å²) in [7, 11) is 1.62. The van der Waals surface area contributed by atoms with Gasteiger partial charge < -0.3 is 0 Å². The number of nitrogens with one attached hydrogen (secondary N) is 2. The van der Waals surface area contributed by atoms with Gasteiger partial charge in [-0.05, 0) is 13.8 Å². The fourth-order valence-corrected chi connectivity index (χ4v) is 0.309. The molecule has 0 amide bonds. The molecule has 0 unspecified atom stereocenters. The summed E-state index contributed by atoms with van der Waals surface area (Å²) >= 11 is 0. The summed E-state index contributed by atoms with van der Waals surface area (Å²) in [6.45, 7) is 3.86. The molecule has 0 atom stereocenters. The highest BCUT2D eigenvalue weighted by Gasteiger charge is 1.95. The van der Waals surface area contributed by atoms with Crippen LogP contribution in [-0.2, 0) is 0 Å². The average Bonchev–Trinajstić information content (AvgIpc) is 1.65. The zero-order valence-electron chi connectivity index (χ0n) is 5.47. The Morgan fingerprint density at radius 3 is 2.12 bits per heavy atom. The predicted octanol–water partition coefficient (Wildman–Crippen LogP) is -0.275. The third-order valence-corrected chi connectivity index (χ3v) is 0.592. The molecular weight excluding hydrogens is 106 g/mol. The van der Waals surface area contributed by atoms with E-state index in [1.807, 2.05) is 13.8 Å². The Morgan fingerprint density at radius 2 is 2.00 bits per heavy atom. The van der Waals surface area contributed by atoms with Crippen LogP contribution < -0.4 is 10.9 Å². The molecule has 0 radical (unpaired) electrons. The van der Waals surface area contributed by atoms with Gasteiger partial charge in [0.1, 0.15) is 0 Å². The monoisotopic (exact) mass is 119 g/mol. The molecule has 3 N–H and O–H groups in total. The highest BCUT2D eigenvalue weighted by molar-refractivity contribution is 4.40. The average molecular weight is 119 g/mol. The van der Waals surface area contributed by atoms with Crippen LogP contribution in [0.2, 0.25) is 0 Å². The summed E-state index contributed by atoms with van der Waals surface area (Å²) in [6.07, 6.45) is 0. The molecule has 0 heterocycles. The molecule has 0 rings (SSSR count). The summed E-state index contributed by atoms with van der Waals surface area (Å²) in [5.41, 5.74) is 5.14. The van der Waals surface area contributed by atoms with Crippen LogP contribution in [0.25, 0.3) is 0 Å². The highest BCUT2D eigenvalue weighted by atomic mass is 16.6. The van der Waals surface area contributed by atoms with Crippen molar-refractivity contribution >= 4 is 0 Å². The SMILES string of the molecule is CNN(O)NC(C)C. The van der Waals surface area contributed by atoms with Gasteiger partial charge >= 0.3 is 0 Å². The standard InChI is InChI=1S/C4H13N3O/c1-4(2)6-7(8)5-3/h4-6,8H,1-3H3. The normalized spacial score (nSPS) is 11.2. The molecular formula is C4H13N3O. The van der Waals surface area contributed by atoms with Crippen molar-refractivity contribution in [3.8, 4) is 0 Å². The summed E-state index contributed by atoms with van der Waals surface area (Å²) in [5, 5.41) is 9.46. The Bertz CT molecular complexity index is 57.2. The Morgan fingerprint density at radius 1 is 1.50 bits per heavy atom. The van der Waals surface area contributed by atoms with E-state index in [2.05, 4.69) is 10.9 Å². The maximum absolute atomic E-state index is 8.64. The lowest BCUT2D eigenvalue weighted by atomic mass is 10.4.